The molecule has 0 fully saturated rings. The standard InChI is InChI=1S/C14H13BrO/c1-14(2,9-16)11-7-6-10-4-3-5-13(15)12(10)8-11/h3-9H,1-2H3. The Labute approximate surface area is 104 Å². The van der Waals surface area contributed by atoms with Crippen LogP contribution in [-0.2, 0) is 10.2 Å². The molecule has 0 atom stereocenters. The van der Waals surface area contributed by atoms with E-state index in [4.69, 9.17) is 0 Å². The van der Waals surface area contributed by atoms with E-state index in [1.807, 2.05) is 32.0 Å². The molecule has 16 heavy (non-hydrogen) atoms. The van der Waals surface area contributed by atoms with Gasteiger partial charge in [-0.15, -0.1) is 0 Å². The third kappa shape index (κ3) is 1.90. The molecule has 1 nitrogen and oxygen atoms in total. The number of benzene rings is 2. The van der Waals surface area contributed by atoms with Crippen LogP contribution in [0.5, 0.6) is 0 Å². The average molecular weight is 277 g/mol. The molecule has 0 aliphatic heterocycles. The van der Waals surface area contributed by atoms with Crippen molar-refractivity contribution in [3.05, 3.63) is 46.4 Å². The number of hydrogen-bond donors (Lipinski definition) is 0. The molecule has 2 rings (SSSR count). The van der Waals surface area contributed by atoms with Gasteiger partial charge in [0.25, 0.3) is 0 Å². The van der Waals surface area contributed by atoms with Crippen molar-refractivity contribution in [2.24, 2.45) is 0 Å². The molecule has 0 heterocycles. The van der Waals surface area contributed by atoms with Gasteiger partial charge in [-0.25, -0.2) is 0 Å². The van der Waals surface area contributed by atoms with E-state index in [1.165, 1.54) is 5.39 Å². The maximum atomic E-state index is 11.0. The van der Waals surface area contributed by atoms with Crippen molar-refractivity contribution in [2.45, 2.75) is 19.3 Å². The van der Waals surface area contributed by atoms with Gasteiger partial charge in [-0.05, 0) is 42.3 Å². The summed E-state index contributed by atoms with van der Waals surface area (Å²) in [5.41, 5.74) is 0.616. The largest absolute Gasteiger partial charge is 0.302 e. The second-order valence-corrected chi connectivity index (χ2v) is 5.37. The molecule has 2 aromatic carbocycles. The van der Waals surface area contributed by atoms with Crippen molar-refractivity contribution in [3.63, 3.8) is 0 Å². The summed E-state index contributed by atoms with van der Waals surface area (Å²) in [4.78, 5) is 11.0. The molecule has 0 N–H and O–H groups in total. The monoisotopic (exact) mass is 276 g/mol. The minimum Gasteiger partial charge on any atom is -0.302 e. The second-order valence-electron chi connectivity index (χ2n) is 4.52. The Morgan fingerprint density at radius 1 is 1.19 bits per heavy atom. The van der Waals surface area contributed by atoms with Gasteiger partial charge in [-0.3, -0.25) is 0 Å². The number of hydrogen-bond acceptors (Lipinski definition) is 1. The zero-order valence-corrected chi connectivity index (χ0v) is 10.9. The maximum absolute atomic E-state index is 11.0. The number of fused-ring (bicyclic) bond motifs is 1. The van der Waals surface area contributed by atoms with Crippen molar-refractivity contribution in [3.8, 4) is 0 Å². The van der Waals surface area contributed by atoms with Crippen LogP contribution in [0, 0.1) is 0 Å². The van der Waals surface area contributed by atoms with E-state index in [0.29, 0.717) is 0 Å². The Kier molecular flexibility index (Phi) is 2.85. The van der Waals surface area contributed by atoms with Gasteiger partial charge >= 0.3 is 0 Å². The first-order valence-electron chi connectivity index (χ1n) is 5.20. The molecule has 0 bridgehead atoms. The molecule has 0 aliphatic carbocycles. The Morgan fingerprint density at radius 3 is 2.62 bits per heavy atom. The zero-order valence-electron chi connectivity index (χ0n) is 9.33. The van der Waals surface area contributed by atoms with Crippen molar-refractivity contribution in [1.29, 1.82) is 0 Å². The molecule has 2 aromatic rings. The smallest absolute Gasteiger partial charge is 0.129 e. The molecule has 0 amide bonds. The maximum Gasteiger partial charge on any atom is 0.129 e. The highest BCUT2D eigenvalue weighted by molar-refractivity contribution is 9.10. The molecular weight excluding hydrogens is 264 g/mol. The third-order valence-corrected chi connectivity index (χ3v) is 3.56. The van der Waals surface area contributed by atoms with Crippen LogP contribution in [0.15, 0.2) is 40.9 Å². The number of carbonyl (C=O) groups excluding carboxylic acids is 1. The van der Waals surface area contributed by atoms with Crippen LogP contribution < -0.4 is 0 Å². The quantitative estimate of drug-likeness (QED) is 0.756. The highest BCUT2D eigenvalue weighted by Gasteiger charge is 2.19. The summed E-state index contributed by atoms with van der Waals surface area (Å²) in [6.45, 7) is 3.86. The van der Waals surface area contributed by atoms with Gasteiger partial charge in [0.2, 0.25) is 0 Å². The van der Waals surface area contributed by atoms with Crippen LogP contribution in [0.25, 0.3) is 10.8 Å². The molecule has 0 radical (unpaired) electrons. The fraction of sp³-hybridized carbons (Fsp3) is 0.214. The Hall–Kier alpha value is -1.15. The molecule has 0 aliphatic rings. The van der Waals surface area contributed by atoms with Gasteiger partial charge in [-0.2, -0.15) is 0 Å². The summed E-state index contributed by atoms with van der Waals surface area (Å²) in [5.74, 6) is 0. The number of carbonyl (C=O) groups is 1. The number of aldehydes is 1. The normalized spacial score (nSPS) is 11.7. The second kappa shape index (κ2) is 4.02. The van der Waals surface area contributed by atoms with Crippen molar-refractivity contribution >= 4 is 33.0 Å². The predicted octanol–water partition coefficient (Wildman–Crippen LogP) is 4.08. The first kappa shape index (κ1) is 11.3. The fourth-order valence-electron chi connectivity index (χ4n) is 1.70. The minimum absolute atomic E-state index is 0.427. The lowest BCUT2D eigenvalue weighted by molar-refractivity contribution is -0.111. The molecule has 0 saturated carbocycles. The van der Waals surface area contributed by atoms with Gasteiger partial charge in [0.1, 0.15) is 6.29 Å². The molecule has 82 valence electrons. The van der Waals surface area contributed by atoms with Crippen LogP contribution in [0.3, 0.4) is 0 Å². The van der Waals surface area contributed by atoms with Crippen LogP contribution >= 0.6 is 15.9 Å². The van der Waals surface area contributed by atoms with E-state index < -0.39 is 5.41 Å². The summed E-state index contributed by atoms with van der Waals surface area (Å²) in [6.07, 6.45) is 0.991. The molecule has 2 heteroatoms. The SMILES string of the molecule is CC(C)(C=O)c1ccc2cccc(Br)c2c1. The lowest BCUT2D eigenvalue weighted by atomic mass is 9.85. The van der Waals surface area contributed by atoms with Crippen LogP contribution in [-0.4, -0.2) is 6.29 Å². The highest BCUT2D eigenvalue weighted by Crippen LogP contribution is 2.29. The predicted molar refractivity (Wildman–Crippen MR) is 70.7 cm³/mol. The first-order chi connectivity index (χ1) is 7.54. The van der Waals surface area contributed by atoms with E-state index in [9.17, 15) is 4.79 Å². The van der Waals surface area contributed by atoms with Crippen LogP contribution in [0.2, 0.25) is 0 Å². The van der Waals surface area contributed by atoms with E-state index in [1.54, 1.807) is 0 Å². The number of rotatable bonds is 2. The van der Waals surface area contributed by atoms with Crippen molar-refractivity contribution in [2.75, 3.05) is 0 Å². The Bertz CT molecular complexity index is 543. The van der Waals surface area contributed by atoms with Crippen LogP contribution in [0.4, 0.5) is 0 Å². The fourth-order valence-corrected chi connectivity index (χ4v) is 2.20. The molecule has 0 unspecified atom stereocenters. The molecular formula is C14H13BrO. The highest BCUT2D eigenvalue weighted by atomic mass is 79.9. The minimum atomic E-state index is -0.427. The lowest BCUT2D eigenvalue weighted by Crippen LogP contribution is -2.18. The van der Waals surface area contributed by atoms with Gasteiger partial charge in [0, 0.05) is 9.89 Å². The van der Waals surface area contributed by atoms with E-state index in [2.05, 4.69) is 34.1 Å². The van der Waals surface area contributed by atoms with Gasteiger partial charge in [-0.1, -0.05) is 40.2 Å². The summed E-state index contributed by atoms with van der Waals surface area (Å²) >= 11 is 3.53. The van der Waals surface area contributed by atoms with Crippen molar-refractivity contribution < 1.29 is 4.79 Å². The Morgan fingerprint density at radius 2 is 1.94 bits per heavy atom. The Balaban J connectivity index is 2.68. The first-order valence-corrected chi connectivity index (χ1v) is 5.99. The summed E-state index contributed by atoms with van der Waals surface area (Å²) in [6, 6.07) is 12.2. The van der Waals surface area contributed by atoms with E-state index >= 15 is 0 Å². The summed E-state index contributed by atoms with van der Waals surface area (Å²) < 4.78 is 1.06. The molecule has 0 aromatic heterocycles. The number of halogens is 1. The topological polar surface area (TPSA) is 17.1 Å². The zero-order chi connectivity index (χ0) is 11.8. The summed E-state index contributed by atoms with van der Waals surface area (Å²) in [5, 5.41) is 2.33. The average Bonchev–Trinajstić information content (AvgIpc) is 2.29. The van der Waals surface area contributed by atoms with E-state index in [0.717, 1.165) is 21.7 Å². The molecule has 0 saturated heterocycles. The van der Waals surface area contributed by atoms with Gasteiger partial charge in [0.15, 0.2) is 0 Å². The van der Waals surface area contributed by atoms with Gasteiger partial charge in [0.05, 0.1) is 0 Å². The summed E-state index contributed by atoms with van der Waals surface area (Å²) in [7, 11) is 0. The van der Waals surface area contributed by atoms with Crippen LogP contribution in [0.1, 0.15) is 19.4 Å². The van der Waals surface area contributed by atoms with Crippen molar-refractivity contribution in [1.82, 2.24) is 0 Å². The van der Waals surface area contributed by atoms with Gasteiger partial charge < -0.3 is 4.79 Å². The third-order valence-electron chi connectivity index (χ3n) is 2.87. The lowest BCUT2D eigenvalue weighted by Gasteiger charge is -2.18. The van der Waals surface area contributed by atoms with E-state index in [-0.39, 0.29) is 0 Å². The molecule has 0 spiro atoms.